The Morgan fingerprint density at radius 3 is 2.44 bits per heavy atom. The molecule has 1 amide bonds. The zero-order valence-electron chi connectivity index (χ0n) is 14.1. The fourth-order valence-corrected chi connectivity index (χ4v) is 2.52. The summed E-state index contributed by atoms with van der Waals surface area (Å²) < 4.78 is 56.0. The van der Waals surface area contributed by atoms with E-state index >= 15 is 0 Å². The molecule has 0 fully saturated rings. The van der Waals surface area contributed by atoms with Crippen LogP contribution >= 0.6 is 0 Å². The number of carbonyl (C=O) groups excluding carboxylic acids is 1. The summed E-state index contributed by atoms with van der Waals surface area (Å²) in [6.45, 7) is 2.08. The highest BCUT2D eigenvalue weighted by Gasteiger charge is 2.38. The second kappa shape index (κ2) is 7.22. The predicted octanol–water partition coefficient (Wildman–Crippen LogP) is 4.94. The molecule has 1 heterocycles. The van der Waals surface area contributed by atoms with Crippen LogP contribution < -0.4 is 10.1 Å². The number of aromatic nitrogens is 1. The molecule has 0 unspecified atom stereocenters. The second-order valence-corrected chi connectivity index (χ2v) is 5.63. The summed E-state index contributed by atoms with van der Waals surface area (Å²) in [7, 11) is 0. The minimum absolute atomic E-state index is 0.0258. The Kier molecular flexibility index (Phi) is 4.98. The molecule has 0 saturated heterocycles. The van der Waals surface area contributed by atoms with Gasteiger partial charge < -0.3 is 10.1 Å². The molecule has 2 aromatic carbocycles. The topological polar surface area (TPSA) is 51.2 Å². The first-order valence-corrected chi connectivity index (χ1v) is 7.99. The number of halogens is 4. The summed E-state index contributed by atoms with van der Waals surface area (Å²) in [4.78, 5) is 15.6. The molecule has 0 saturated carbocycles. The zero-order chi connectivity index (χ0) is 19.6. The van der Waals surface area contributed by atoms with Gasteiger partial charge in [-0.25, -0.2) is 9.37 Å². The number of fused-ring (bicyclic) bond motifs is 1. The third-order valence-electron chi connectivity index (χ3n) is 3.73. The van der Waals surface area contributed by atoms with Crippen LogP contribution in [-0.4, -0.2) is 23.7 Å². The Bertz CT molecular complexity index is 985. The van der Waals surface area contributed by atoms with Gasteiger partial charge in [0.25, 0.3) is 0 Å². The number of alkyl halides is 3. The van der Waals surface area contributed by atoms with Gasteiger partial charge in [-0.2, -0.15) is 13.2 Å². The van der Waals surface area contributed by atoms with Gasteiger partial charge in [0.1, 0.15) is 11.6 Å². The highest BCUT2D eigenvalue weighted by atomic mass is 19.4. The summed E-state index contributed by atoms with van der Waals surface area (Å²) in [5.41, 5.74) is 1.62. The van der Waals surface area contributed by atoms with Crippen LogP contribution in [0.4, 0.5) is 23.2 Å². The molecule has 0 bridgehead atoms. The number of ether oxygens (including phenoxy) is 1. The van der Waals surface area contributed by atoms with Gasteiger partial charge in [-0.15, -0.1) is 0 Å². The standard InChI is InChI=1S/C19H14F4N2O2/c1-2-27-17-10-16(11-3-5-12(20)6-4-11)25-15-8-7-13(9-14(15)17)24-18(26)19(21,22)23/h3-10H,2H2,1H3,(H,24,26). The van der Waals surface area contributed by atoms with Crippen molar-refractivity contribution in [1.82, 2.24) is 4.98 Å². The van der Waals surface area contributed by atoms with Crippen LogP contribution in [0.1, 0.15) is 6.92 Å². The molecule has 27 heavy (non-hydrogen) atoms. The first kappa shape index (κ1) is 18.6. The van der Waals surface area contributed by atoms with Crippen molar-refractivity contribution in [2.75, 3.05) is 11.9 Å². The number of amides is 1. The minimum Gasteiger partial charge on any atom is -0.493 e. The molecule has 0 atom stereocenters. The van der Waals surface area contributed by atoms with E-state index in [2.05, 4.69) is 4.98 Å². The first-order chi connectivity index (χ1) is 12.8. The number of hydrogen-bond donors (Lipinski definition) is 1. The molecule has 8 heteroatoms. The summed E-state index contributed by atoms with van der Waals surface area (Å²) in [5, 5.41) is 2.25. The Labute approximate surface area is 151 Å². The van der Waals surface area contributed by atoms with Crippen LogP contribution in [0.5, 0.6) is 5.75 Å². The van der Waals surface area contributed by atoms with Gasteiger partial charge in [-0.05, 0) is 49.4 Å². The van der Waals surface area contributed by atoms with Crippen molar-refractivity contribution in [3.05, 3.63) is 54.3 Å². The van der Waals surface area contributed by atoms with Gasteiger partial charge in [0.15, 0.2) is 0 Å². The average Bonchev–Trinajstić information content (AvgIpc) is 2.62. The number of carbonyl (C=O) groups is 1. The monoisotopic (exact) mass is 378 g/mol. The smallest absolute Gasteiger partial charge is 0.471 e. The molecular weight excluding hydrogens is 364 g/mol. The first-order valence-electron chi connectivity index (χ1n) is 7.99. The van der Waals surface area contributed by atoms with Crippen molar-refractivity contribution in [2.24, 2.45) is 0 Å². The maximum Gasteiger partial charge on any atom is 0.471 e. The molecule has 0 spiro atoms. The van der Waals surface area contributed by atoms with Crippen LogP contribution in [0.2, 0.25) is 0 Å². The molecule has 3 aromatic rings. The lowest BCUT2D eigenvalue weighted by Crippen LogP contribution is -2.29. The lowest BCUT2D eigenvalue weighted by molar-refractivity contribution is -0.167. The van der Waals surface area contributed by atoms with E-state index in [0.29, 0.717) is 34.5 Å². The van der Waals surface area contributed by atoms with E-state index in [4.69, 9.17) is 4.74 Å². The molecular formula is C19H14F4N2O2. The number of nitrogens with one attached hydrogen (secondary N) is 1. The van der Waals surface area contributed by atoms with Gasteiger partial charge in [0.2, 0.25) is 0 Å². The van der Waals surface area contributed by atoms with E-state index < -0.39 is 12.1 Å². The minimum atomic E-state index is -4.98. The van der Waals surface area contributed by atoms with Crippen LogP contribution in [0, 0.1) is 5.82 Å². The van der Waals surface area contributed by atoms with E-state index in [1.807, 2.05) is 0 Å². The summed E-state index contributed by atoms with van der Waals surface area (Å²) in [6.07, 6.45) is -4.98. The average molecular weight is 378 g/mol. The molecule has 140 valence electrons. The predicted molar refractivity (Wildman–Crippen MR) is 93.0 cm³/mol. The molecule has 3 rings (SSSR count). The second-order valence-electron chi connectivity index (χ2n) is 5.63. The molecule has 0 aliphatic heterocycles. The molecule has 1 aromatic heterocycles. The van der Waals surface area contributed by atoms with Crippen molar-refractivity contribution >= 4 is 22.5 Å². The summed E-state index contributed by atoms with van der Waals surface area (Å²) in [5.74, 6) is -2.05. The van der Waals surface area contributed by atoms with Gasteiger partial charge in [0, 0.05) is 22.7 Å². The number of anilines is 1. The molecule has 0 aliphatic rings. The van der Waals surface area contributed by atoms with Crippen molar-refractivity contribution in [1.29, 1.82) is 0 Å². The maximum atomic E-state index is 13.1. The lowest BCUT2D eigenvalue weighted by Gasteiger charge is -2.13. The maximum absolute atomic E-state index is 13.1. The van der Waals surface area contributed by atoms with Gasteiger partial charge in [-0.3, -0.25) is 4.79 Å². The molecule has 4 nitrogen and oxygen atoms in total. The Balaban J connectivity index is 2.05. The van der Waals surface area contributed by atoms with Crippen molar-refractivity contribution in [2.45, 2.75) is 13.1 Å². The Morgan fingerprint density at radius 2 is 1.81 bits per heavy atom. The number of pyridine rings is 1. The largest absolute Gasteiger partial charge is 0.493 e. The lowest BCUT2D eigenvalue weighted by atomic mass is 10.1. The summed E-state index contributed by atoms with van der Waals surface area (Å²) >= 11 is 0. The molecule has 1 N–H and O–H groups in total. The van der Waals surface area contributed by atoms with E-state index in [0.717, 1.165) is 0 Å². The molecule has 0 aliphatic carbocycles. The van der Waals surface area contributed by atoms with Crippen LogP contribution in [0.15, 0.2) is 48.5 Å². The van der Waals surface area contributed by atoms with E-state index in [1.165, 1.54) is 30.3 Å². The Morgan fingerprint density at radius 1 is 1.11 bits per heavy atom. The fraction of sp³-hybridized carbons (Fsp3) is 0.158. The molecule has 0 radical (unpaired) electrons. The van der Waals surface area contributed by atoms with Crippen LogP contribution in [0.3, 0.4) is 0 Å². The third kappa shape index (κ3) is 4.16. The third-order valence-corrected chi connectivity index (χ3v) is 3.73. The fourth-order valence-electron chi connectivity index (χ4n) is 2.52. The highest BCUT2D eigenvalue weighted by Crippen LogP contribution is 2.32. The van der Waals surface area contributed by atoms with Gasteiger partial charge in [-0.1, -0.05) is 0 Å². The normalized spacial score (nSPS) is 11.4. The number of nitrogens with zero attached hydrogens (tertiary/aromatic N) is 1. The Hall–Kier alpha value is -3.16. The van der Waals surface area contributed by atoms with E-state index in [9.17, 15) is 22.4 Å². The highest BCUT2D eigenvalue weighted by molar-refractivity contribution is 5.98. The summed E-state index contributed by atoms with van der Waals surface area (Å²) in [6, 6.07) is 11.5. The number of rotatable bonds is 4. The number of hydrogen-bond acceptors (Lipinski definition) is 3. The van der Waals surface area contributed by atoms with Gasteiger partial charge in [0.05, 0.1) is 17.8 Å². The van der Waals surface area contributed by atoms with Crippen molar-refractivity contribution in [3.63, 3.8) is 0 Å². The van der Waals surface area contributed by atoms with E-state index in [-0.39, 0.29) is 11.5 Å². The van der Waals surface area contributed by atoms with Crippen molar-refractivity contribution < 1.29 is 27.1 Å². The van der Waals surface area contributed by atoms with E-state index in [1.54, 1.807) is 30.4 Å². The zero-order valence-corrected chi connectivity index (χ0v) is 14.1. The van der Waals surface area contributed by atoms with Crippen LogP contribution in [-0.2, 0) is 4.79 Å². The van der Waals surface area contributed by atoms with Crippen LogP contribution in [0.25, 0.3) is 22.2 Å². The van der Waals surface area contributed by atoms with Crippen molar-refractivity contribution in [3.8, 4) is 17.0 Å². The number of benzene rings is 2. The van der Waals surface area contributed by atoms with Gasteiger partial charge >= 0.3 is 12.1 Å². The quantitative estimate of drug-likeness (QED) is 0.654. The SMILES string of the molecule is CCOc1cc(-c2ccc(F)cc2)nc2ccc(NC(=O)C(F)(F)F)cc12.